The molecule has 0 aromatic heterocycles. The summed E-state index contributed by atoms with van der Waals surface area (Å²) in [6.07, 6.45) is 0. The summed E-state index contributed by atoms with van der Waals surface area (Å²) in [4.78, 5) is 12.5. The highest BCUT2D eigenvalue weighted by Crippen LogP contribution is 2.27. The Hall–Kier alpha value is -2.62. The SMILES string of the molecule is O=C(CN(c1ccc(F)c(Cl)c1)S(=O)(=O)c1ccccc1)NCCSCc1ccccc1F. The Morgan fingerprint density at radius 3 is 2.36 bits per heavy atom. The van der Waals surface area contributed by atoms with Crippen molar-refractivity contribution in [3.05, 3.63) is 95.0 Å². The molecule has 33 heavy (non-hydrogen) atoms. The summed E-state index contributed by atoms with van der Waals surface area (Å²) in [5.74, 6) is -0.567. The molecule has 0 aliphatic heterocycles. The third-order valence-corrected chi connectivity index (χ3v) is 7.68. The van der Waals surface area contributed by atoms with Crippen LogP contribution in [0.25, 0.3) is 0 Å². The number of nitrogens with one attached hydrogen (secondary N) is 1. The van der Waals surface area contributed by atoms with Crippen molar-refractivity contribution in [3.8, 4) is 0 Å². The van der Waals surface area contributed by atoms with E-state index in [1.54, 1.807) is 36.4 Å². The van der Waals surface area contributed by atoms with Crippen LogP contribution in [0.2, 0.25) is 5.02 Å². The number of halogens is 3. The van der Waals surface area contributed by atoms with Gasteiger partial charge in [0.15, 0.2) is 0 Å². The van der Waals surface area contributed by atoms with Gasteiger partial charge in [-0.25, -0.2) is 17.2 Å². The zero-order valence-corrected chi connectivity index (χ0v) is 19.8. The van der Waals surface area contributed by atoms with Gasteiger partial charge in [0.25, 0.3) is 10.0 Å². The van der Waals surface area contributed by atoms with Crippen LogP contribution >= 0.6 is 23.4 Å². The smallest absolute Gasteiger partial charge is 0.264 e. The molecular formula is C23H21ClF2N2O3S2. The molecule has 0 radical (unpaired) electrons. The zero-order valence-electron chi connectivity index (χ0n) is 17.4. The first-order valence-corrected chi connectivity index (χ1v) is 12.9. The number of hydrogen-bond donors (Lipinski definition) is 1. The molecule has 3 aromatic carbocycles. The summed E-state index contributed by atoms with van der Waals surface area (Å²) in [6, 6.07) is 17.5. The summed E-state index contributed by atoms with van der Waals surface area (Å²) in [5.41, 5.74) is 0.636. The second kappa shape index (κ2) is 11.5. The Balaban J connectivity index is 1.66. The van der Waals surface area contributed by atoms with Crippen LogP contribution in [0.4, 0.5) is 14.5 Å². The maximum Gasteiger partial charge on any atom is 0.264 e. The van der Waals surface area contributed by atoms with Crippen LogP contribution in [0.3, 0.4) is 0 Å². The van der Waals surface area contributed by atoms with Crippen LogP contribution in [-0.2, 0) is 20.6 Å². The van der Waals surface area contributed by atoms with Crippen molar-refractivity contribution in [3.63, 3.8) is 0 Å². The highest BCUT2D eigenvalue weighted by molar-refractivity contribution is 7.98. The predicted molar refractivity (Wildman–Crippen MR) is 128 cm³/mol. The fourth-order valence-electron chi connectivity index (χ4n) is 2.92. The lowest BCUT2D eigenvalue weighted by Crippen LogP contribution is -2.41. The average Bonchev–Trinajstić information content (AvgIpc) is 2.81. The third kappa shape index (κ3) is 6.69. The van der Waals surface area contributed by atoms with Crippen molar-refractivity contribution in [2.45, 2.75) is 10.6 Å². The number of amides is 1. The standard InChI is InChI=1S/C23H21ClF2N2O3S2/c24-20-14-18(10-11-22(20)26)28(33(30,31)19-7-2-1-3-8-19)15-23(29)27-12-13-32-16-17-6-4-5-9-21(17)25/h1-11,14H,12-13,15-16H2,(H,27,29). The van der Waals surface area contributed by atoms with Crippen LogP contribution in [0.15, 0.2) is 77.7 Å². The Morgan fingerprint density at radius 2 is 1.67 bits per heavy atom. The molecule has 174 valence electrons. The van der Waals surface area contributed by atoms with E-state index < -0.39 is 28.3 Å². The number of hydrogen-bond acceptors (Lipinski definition) is 4. The van der Waals surface area contributed by atoms with Crippen LogP contribution in [0.1, 0.15) is 5.56 Å². The number of sulfonamides is 1. The Labute approximate surface area is 200 Å². The van der Waals surface area contributed by atoms with E-state index in [0.29, 0.717) is 17.1 Å². The highest BCUT2D eigenvalue weighted by Gasteiger charge is 2.27. The molecule has 0 unspecified atom stereocenters. The number of benzene rings is 3. The van der Waals surface area contributed by atoms with Gasteiger partial charge in [0, 0.05) is 18.1 Å². The van der Waals surface area contributed by atoms with Crippen LogP contribution in [-0.4, -0.2) is 33.2 Å². The van der Waals surface area contributed by atoms with Gasteiger partial charge >= 0.3 is 0 Å². The lowest BCUT2D eigenvalue weighted by molar-refractivity contribution is -0.119. The molecule has 0 aliphatic rings. The van der Waals surface area contributed by atoms with Gasteiger partial charge in [0.2, 0.25) is 5.91 Å². The third-order valence-electron chi connectivity index (χ3n) is 4.59. The molecule has 0 bridgehead atoms. The fraction of sp³-hybridized carbons (Fsp3) is 0.174. The second-order valence-corrected chi connectivity index (χ2v) is 10.3. The molecule has 3 rings (SSSR count). The molecule has 0 saturated heterocycles. The van der Waals surface area contributed by atoms with Gasteiger partial charge < -0.3 is 5.32 Å². The normalized spacial score (nSPS) is 11.2. The lowest BCUT2D eigenvalue weighted by Gasteiger charge is -2.24. The van der Waals surface area contributed by atoms with E-state index >= 15 is 0 Å². The Kier molecular flexibility index (Phi) is 8.71. The van der Waals surface area contributed by atoms with E-state index in [9.17, 15) is 22.0 Å². The summed E-state index contributed by atoms with van der Waals surface area (Å²) < 4.78 is 54.6. The van der Waals surface area contributed by atoms with Crippen molar-refractivity contribution in [1.82, 2.24) is 5.32 Å². The maximum absolute atomic E-state index is 13.7. The molecule has 0 spiro atoms. The fourth-order valence-corrected chi connectivity index (χ4v) is 5.37. The largest absolute Gasteiger partial charge is 0.354 e. The van der Waals surface area contributed by atoms with E-state index in [1.807, 2.05) is 0 Å². The lowest BCUT2D eigenvalue weighted by atomic mass is 10.2. The van der Waals surface area contributed by atoms with Gasteiger partial charge in [-0.1, -0.05) is 48.0 Å². The minimum absolute atomic E-state index is 0.0151. The number of thioether (sulfide) groups is 1. The van der Waals surface area contributed by atoms with Crippen molar-refractivity contribution in [1.29, 1.82) is 0 Å². The van der Waals surface area contributed by atoms with Gasteiger partial charge in [-0.05, 0) is 42.0 Å². The van der Waals surface area contributed by atoms with Crippen molar-refractivity contribution >= 4 is 45.0 Å². The minimum atomic E-state index is -4.11. The van der Waals surface area contributed by atoms with Crippen LogP contribution in [0.5, 0.6) is 0 Å². The molecule has 10 heteroatoms. The van der Waals surface area contributed by atoms with Crippen molar-refractivity contribution in [2.24, 2.45) is 0 Å². The first kappa shape index (κ1) is 25.0. The maximum atomic E-state index is 13.7. The minimum Gasteiger partial charge on any atom is -0.354 e. The van der Waals surface area contributed by atoms with Gasteiger partial charge in [-0.15, -0.1) is 0 Å². The molecule has 1 amide bonds. The van der Waals surface area contributed by atoms with E-state index in [4.69, 9.17) is 11.6 Å². The number of nitrogens with zero attached hydrogens (tertiary/aromatic N) is 1. The van der Waals surface area contributed by atoms with Crippen molar-refractivity contribution in [2.75, 3.05) is 23.1 Å². The zero-order chi connectivity index (χ0) is 23.8. The first-order valence-electron chi connectivity index (χ1n) is 9.90. The molecule has 5 nitrogen and oxygen atoms in total. The quantitative estimate of drug-likeness (QED) is 0.395. The van der Waals surface area contributed by atoms with Gasteiger partial charge in [-0.3, -0.25) is 9.10 Å². The summed E-state index contributed by atoms with van der Waals surface area (Å²) in [7, 11) is -4.11. The molecule has 0 saturated carbocycles. The van der Waals surface area contributed by atoms with E-state index in [-0.39, 0.29) is 28.0 Å². The van der Waals surface area contributed by atoms with Crippen LogP contribution in [0, 0.1) is 11.6 Å². The van der Waals surface area contributed by atoms with E-state index in [2.05, 4.69) is 5.32 Å². The van der Waals surface area contributed by atoms with E-state index in [1.165, 1.54) is 36.0 Å². The molecule has 0 atom stereocenters. The number of anilines is 1. The molecule has 0 fully saturated rings. The summed E-state index contributed by atoms with van der Waals surface area (Å²) >= 11 is 7.28. The van der Waals surface area contributed by atoms with Gasteiger partial charge in [0.1, 0.15) is 18.2 Å². The molecule has 1 N–H and O–H groups in total. The average molecular weight is 511 g/mol. The molecule has 0 heterocycles. The molecule has 0 aliphatic carbocycles. The number of rotatable bonds is 10. The van der Waals surface area contributed by atoms with Crippen LogP contribution < -0.4 is 9.62 Å². The number of carbonyl (C=O) groups excluding carboxylic acids is 1. The first-order chi connectivity index (χ1) is 15.8. The molecular weight excluding hydrogens is 490 g/mol. The van der Waals surface area contributed by atoms with Gasteiger partial charge in [-0.2, -0.15) is 11.8 Å². The summed E-state index contributed by atoms with van der Waals surface area (Å²) in [5, 5.41) is 2.41. The number of carbonyl (C=O) groups is 1. The Morgan fingerprint density at radius 1 is 0.970 bits per heavy atom. The summed E-state index contributed by atoms with van der Waals surface area (Å²) in [6.45, 7) is -0.251. The predicted octanol–water partition coefficient (Wildman–Crippen LogP) is 4.86. The molecule has 3 aromatic rings. The topological polar surface area (TPSA) is 66.5 Å². The van der Waals surface area contributed by atoms with E-state index in [0.717, 1.165) is 16.4 Å². The monoisotopic (exact) mass is 510 g/mol. The van der Waals surface area contributed by atoms with Crippen molar-refractivity contribution < 1.29 is 22.0 Å². The van der Waals surface area contributed by atoms with Gasteiger partial charge in [0.05, 0.1) is 15.6 Å². The Bertz CT molecular complexity index is 1210. The second-order valence-electron chi connectivity index (χ2n) is 6.92. The highest BCUT2D eigenvalue weighted by atomic mass is 35.5.